The van der Waals surface area contributed by atoms with Gasteiger partial charge in [0.15, 0.2) is 0 Å². The summed E-state index contributed by atoms with van der Waals surface area (Å²) < 4.78 is 5.91. The number of pyridine rings is 1. The minimum absolute atomic E-state index is 0.0609. The van der Waals surface area contributed by atoms with Gasteiger partial charge in [0.05, 0.1) is 5.56 Å². The predicted octanol–water partition coefficient (Wildman–Crippen LogP) is 4.11. The molecule has 0 unspecified atom stereocenters. The zero-order chi connectivity index (χ0) is 15.6. The second kappa shape index (κ2) is 5.82. The van der Waals surface area contributed by atoms with E-state index in [1.807, 2.05) is 37.3 Å². The Morgan fingerprint density at radius 2 is 1.90 bits per heavy atom. The van der Waals surface area contributed by atoms with Gasteiger partial charge in [-0.05, 0) is 42.2 Å². The van der Waals surface area contributed by atoms with Crippen LogP contribution in [0.4, 0.5) is 0 Å². The SMILES string of the molecule is Cc1ccc(C(N)=S)c(Oc2cccc(C(C)(C)C)c2)n1. The summed E-state index contributed by atoms with van der Waals surface area (Å²) in [5.41, 5.74) is 8.50. The van der Waals surface area contributed by atoms with Crippen LogP contribution in [0.15, 0.2) is 36.4 Å². The topological polar surface area (TPSA) is 48.1 Å². The Labute approximate surface area is 131 Å². The maximum absolute atomic E-state index is 5.91. The van der Waals surface area contributed by atoms with E-state index in [4.69, 9.17) is 22.7 Å². The first kappa shape index (κ1) is 15.4. The fourth-order valence-electron chi connectivity index (χ4n) is 1.94. The number of rotatable bonds is 3. The Morgan fingerprint density at radius 1 is 1.19 bits per heavy atom. The van der Waals surface area contributed by atoms with E-state index in [2.05, 4.69) is 31.8 Å². The molecule has 0 bridgehead atoms. The molecule has 4 heteroatoms. The Bertz CT molecular complexity index is 675. The van der Waals surface area contributed by atoms with Gasteiger partial charge in [-0.25, -0.2) is 4.98 Å². The Balaban J connectivity index is 2.39. The second-order valence-corrected chi connectivity index (χ2v) is 6.49. The van der Waals surface area contributed by atoms with Crippen molar-refractivity contribution >= 4 is 17.2 Å². The molecule has 0 atom stereocenters. The Hall–Kier alpha value is -1.94. The summed E-state index contributed by atoms with van der Waals surface area (Å²) in [6.45, 7) is 8.40. The smallest absolute Gasteiger partial charge is 0.229 e. The number of aryl methyl sites for hydroxylation is 1. The van der Waals surface area contributed by atoms with Crippen LogP contribution in [0.2, 0.25) is 0 Å². The van der Waals surface area contributed by atoms with Gasteiger partial charge in [-0.1, -0.05) is 45.1 Å². The Kier molecular flexibility index (Phi) is 4.28. The maximum Gasteiger partial charge on any atom is 0.229 e. The standard InChI is InChI=1S/C17H20N2OS/c1-11-8-9-14(15(18)21)16(19-11)20-13-7-5-6-12(10-13)17(2,3)4/h5-10H,1-4H3,(H2,18,21). The lowest BCUT2D eigenvalue weighted by Gasteiger charge is -2.20. The summed E-state index contributed by atoms with van der Waals surface area (Å²) in [6.07, 6.45) is 0. The molecule has 0 amide bonds. The van der Waals surface area contributed by atoms with Gasteiger partial charge in [0.2, 0.25) is 5.88 Å². The van der Waals surface area contributed by atoms with E-state index < -0.39 is 0 Å². The molecule has 0 saturated heterocycles. The summed E-state index contributed by atoms with van der Waals surface area (Å²) in [5, 5.41) is 0. The van der Waals surface area contributed by atoms with Crippen molar-refractivity contribution in [2.24, 2.45) is 5.73 Å². The van der Waals surface area contributed by atoms with E-state index in [0.29, 0.717) is 11.4 Å². The highest BCUT2D eigenvalue weighted by molar-refractivity contribution is 7.80. The van der Waals surface area contributed by atoms with Crippen LogP contribution >= 0.6 is 12.2 Å². The molecular weight excluding hydrogens is 280 g/mol. The van der Waals surface area contributed by atoms with E-state index in [9.17, 15) is 0 Å². The minimum atomic E-state index is 0.0609. The van der Waals surface area contributed by atoms with Crippen molar-refractivity contribution in [3.8, 4) is 11.6 Å². The average molecular weight is 300 g/mol. The zero-order valence-corrected chi connectivity index (χ0v) is 13.6. The van der Waals surface area contributed by atoms with Crippen LogP contribution in [-0.4, -0.2) is 9.97 Å². The first-order chi connectivity index (χ1) is 9.77. The van der Waals surface area contributed by atoms with Crippen molar-refractivity contribution in [3.63, 3.8) is 0 Å². The van der Waals surface area contributed by atoms with E-state index in [-0.39, 0.29) is 10.4 Å². The van der Waals surface area contributed by atoms with Crippen molar-refractivity contribution in [2.75, 3.05) is 0 Å². The van der Waals surface area contributed by atoms with Crippen LogP contribution in [0.1, 0.15) is 37.6 Å². The monoisotopic (exact) mass is 300 g/mol. The van der Waals surface area contributed by atoms with Gasteiger partial charge in [0.1, 0.15) is 10.7 Å². The quantitative estimate of drug-likeness (QED) is 0.866. The van der Waals surface area contributed by atoms with Crippen molar-refractivity contribution in [2.45, 2.75) is 33.1 Å². The van der Waals surface area contributed by atoms with Crippen molar-refractivity contribution in [3.05, 3.63) is 53.2 Å². The molecule has 21 heavy (non-hydrogen) atoms. The fraction of sp³-hybridized carbons (Fsp3) is 0.294. The molecule has 0 fully saturated rings. The molecule has 2 N–H and O–H groups in total. The highest BCUT2D eigenvalue weighted by atomic mass is 32.1. The number of ether oxygens (including phenoxy) is 1. The van der Waals surface area contributed by atoms with Crippen LogP contribution < -0.4 is 10.5 Å². The van der Waals surface area contributed by atoms with E-state index in [1.165, 1.54) is 5.56 Å². The highest BCUT2D eigenvalue weighted by Crippen LogP contribution is 2.29. The first-order valence-electron chi connectivity index (χ1n) is 6.83. The second-order valence-electron chi connectivity index (χ2n) is 6.05. The molecule has 2 aromatic rings. The number of thiocarbonyl (C=S) groups is 1. The number of aromatic nitrogens is 1. The van der Waals surface area contributed by atoms with Gasteiger partial charge in [-0.15, -0.1) is 0 Å². The molecule has 0 aliphatic rings. The zero-order valence-electron chi connectivity index (χ0n) is 12.8. The molecule has 1 heterocycles. The molecule has 0 radical (unpaired) electrons. The van der Waals surface area contributed by atoms with Gasteiger partial charge >= 0.3 is 0 Å². The lowest BCUT2D eigenvalue weighted by molar-refractivity contribution is 0.457. The first-order valence-corrected chi connectivity index (χ1v) is 7.24. The fourth-order valence-corrected chi connectivity index (χ4v) is 2.09. The van der Waals surface area contributed by atoms with Gasteiger partial charge in [-0.3, -0.25) is 0 Å². The van der Waals surface area contributed by atoms with Crippen molar-refractivity contribution in [1.29, 1.82) is 0 Å². The molecule has 0 aliphatic heterocycles. The number of nitrogens with two attached hydrogens (primary N) is 1. The summed E-state index contributed by atoms with van der Waals surface area (Å²) in [4.78, 5) is 4.67. The van der Waals surface area contributed by atoms with Crippen LogP contribution in [0.3, 0.4) is 0 Å². The molecule has 1 aromatic heterocycles. The summed E-state index contributed by atoms with van der Waals surface area (Å²) in [7, 11) is 0. The normalized spacial score (nSPS) is 11.2. The summed E-state index contributed by atoms with van der Waals surface area (Å²) in [5.74, 6) is 1.19. The van der Waals surface area contributed by atoms with Crippen molar-refractivity contribution in [1.82, 2.24) is 4.98 Å². The third-order valence-corrected chi connectivity index (χ3v) is 3.40. The number of nitrogens with zero attached hydrogens (tertiary/aromatic N) is 1. The van der Waals surface area contributed by atoms with Crippen LogP contribution in [0.25, 0.3) is 0 Å². The highest BCUT2D eigenvalue weighted by Gasteiger charge is 2.15. The van der Waals surface area contributed by atoms with Gasteiger partial charge in [0, 0.05) is 5.69 Å². The number of hydrogen-bond donors (Lipinski definition) is 1. The molecular formula is C17H20N2OS. The largest absolute Gasteiger partial charge is 0.438 e. The molecule has 3 nitrogen and oxygen atoms in total. The van der Waals surface area contributed by atoms with Crippen LogP contribution in [0, 0.1) is 6.92 Å². The van der Waals surface area contributed by atoms with E-state index in [0.717, 1.165) is 11.4 Å². The molecule has 1 aromatic carbocycles. The van der Waals surface area contributed by atoms with Crippen LogP contribution in [-0.2, 0) is 5.41 Å². The molecule has 0 saturated carbocycles. The lowest BCUT2D eigenvalue weighted by atomic mass is 9.87. The summed E-state index contributed by atoms with van der Waals surface area (Å²) >= 11 is 5.05. The van der Waals surface area contributed by atoms with Gasteiger partial charge in [-0.2, -0.15) is 0 Å². The van der Waals surface area contributed by atoms with E-state index >= 15 is 0 Å². The van der Waals surface area contributed by atoms with Crippen LogP contribution in [0.5, 0.6) is 11.6 Å². The molecule has 0 spiro atoms. The number of benzene rings is 1. The average Bonchev–Trinajstić information content (AvgIpc) is 2.37. The third kappa shape index (κ3) is 3.79. The lowest BCUT2D eigenvalue weighted by Crippen LogP contribution is -2.12. The number of hydrogen-bond acceptors (Lipinski definition) is 3. The molecule has 0 aliphatic carbocycles. The summed E-state index contributed by atoms with van der Waals surface area (Å²) in [6, 6.07) is 11.7. The Morgan fingerprint density at radius 3 is 2.52 bits per heavy atom. The van der Waals surface area contributed by atoms with Gasteiger partial charge < -0.3 is 10.5 Å². The molecule has 110 valence electrons. The van der Waals surface area contributed by atoms with Gasteiger partial charge in [0.25, 0.3) is 0 Å². The maximum atomic E-state index is 5.91. The van der Waals surface area contributed by atoms with Crippen molar-refractivity contribution < 1.29 is 4.74 Å². The third-order valence-electron chi connectivity index (χ3n) is 3.18. The van der Waals surface area contributed by atoms with E-state index in [1.54, 1.807) is 0 Å². The minimum Gasteiger partial charge on any atom is -0.438 e. The predicted molar refractivity (Wildman–Crippen MR) is 90.1 cm³/mol. The molecule has 2 rings (SSSR count).